The Labute approximate surface area is 63.4 Å². The van der Waals surface area contributed by atoms with E-state index in [0.717, 1.165) is 0 Å². The van der Waals surface area contributed by atoms with Crippen molar-refractivity contribution in [1.82, 2.24) is 10.6 Å². The summed E-state index contributed by atoms with van der Waals surface area (Å²) < 4.78 is 0. The Morgan fingerprint density at radius 1 is 1.27 bits per heavy atom. The lowest BCUT2D eigenvalue weighted by Gasteiger charge is -2.12. The van der Waals surface area contributed by atoms with Gasteiger partial charge in [0.15, 0.2) is 6.23 Å². The van der Waals surface area contributed by atoms with Gasteiger partial charge in [-0.05, 0) is 0 Å². The molecule has 0 saturated carbocycles. The molecule has 0 aromatic rings. The largest absolute Gasteiger partial charge is 0.356 e. The van der Waals surface area contributed by atoms with Crippen molar-refractivity contribution >= 4 is 20.3 Å². The molecule has 2 unspecified atom stereocenters. The second kappa shape index (κ2) is 3.94. The van der Waals surface area contributed by atoms with E-state index in [9.17, 15) is 9.59 Å². The van der Waals surface area contributed by atoms with Gasteiger partial charge in [-0.15, -0.1) is 0 Å². The zero-order valence-electron chi connectivity index (χ0n) is 5.65. The number of carbonyl (C=O) groups excluding carboxylic acids is 2. The molecule has 1 aliphatic rings. The maximum Gasteiger partial charge on any atom is 0.350 e. The SMILES string of the molecule is O=CNC1BOOC1NC=O. The Kier molecular flexibility index (Phi) is 2.88. The molecule has 1 heterocycles. The molecule has 0 radical (unpaired) electrons. The van der Waals surface area contributed by atoms with Crippen LogP contribution in [0.4, 0.5) is 0 Å². The third-order valence-corrected chi connectivity index (χ3v) is 1.30. The second-order valence-corrected chi connectivity index (χ2v) is 1.98. The Balaban J connectivity index is 2.36. The molecule has 1 rings (SSSR count). The molecule has 1 saturated heterocycles. The van der Waals surface area contributed by atoms with Gasteiger partial charge in [0.2, 0.25) is 12.8 Å². The molecule has 2 N–H and O–H groups in total. The van der Waals surface area contributed by atoms with Gasteiger partial charge < -0.3 is 15.4 Å². The van der Waals surface area contributed by atoms with E-state index in [1.54, 1.807) is 0 Å². The first kappa shape index (κ1) is 8.03. The second-order valence-electron chi connectivity index (χ2n) is 1.98. The summed E-state index contributed by atoms with van der Waals surface area (Å²) in [6.07, 6.45) is 0.429. The van der Waals surface area contributed by atoms with E-state index >= 15 is 0 Å². The summed E-state index contributed by atoms with van der Waals surface area (Å²) in [4.78, 5) is 29.0. The quantitative estimate of drug-likeness (QED) is 0.268. The average Bonchev–Trinajstić information content (AvgIpc) is 2.39. The fourth-order valence-corrected chi connectivity index (χ4v) is 0.774. The first-order chi connectivity index (χ1) is 5.38. The Hall–Kier alpha value is -1.08. The lowest BCUT2D eigenvalue weighted by Crippen LogP contribution is -2.46. The third kappa shape index (κ3) is 1.92. The first-order valence-electron chi connectivity index (χ1n) is 3.06. The fourth-order valence-electron chi connectivity index (χ4n) is 0.774. The van der Waals surface area contributed by atoms with E-state index < -0.39 is 6.23 Å². The number of hydrogen-bond donors (Lipinski definition) is 2. The van der Waals surface area contributed by atoms with Crippen LogP contribution < -0.4 is 10.6 Å². The molecule has 1 aliphatic heterocycles. The van der Waals surface area contributed by atoms with Gasteiger partial charge in [0.1, 0.15) is 0 Å². The number of rotatable bonds is 4. The van der Waals surface area contributed by atoms with Crippen molar-refractivity contribution in [3.05, 3.63) is 0 Å². The van der Waals surface area contributed by atoms with E-state index in [-0.39, 0.29) is 13.4 Å². The monoisotopic (exact) mass is 158 g/mol. The van der Waals surface area contributed by atoms with E-state index in [1.165, 1.54) is 0 Å². The predicted octanol–water partition coefficient (Wildman–Crippen LogP) is -2.56. The van der Waals surface area contributed by atoms with Gasteiger partial charge >= 0.3 is 7.48 Å². The Morgan fingerprint density at radius 2 is 2.00 bits per heavy atom. The number of nitrogens with one attached hydrogen (secondary N) is 2. The summed E-state index contributed by atoms with van der Waals surface area (Å²) in [5, 5.41) is 4.76. The van der Waals surface area contributed by atoms with Crippen LogP contribution in [-0.4, -0.2) is 32.5 Å². The van der Waals surface area contributed by atoms with Crippen LogP contribution in [0.25, 0.3) is 0 Å². The topological polar surface area (TPSA) is 76.7 Å². The molecule has 1 fully saturated rings. The van der Waals surface area contributed by atoms with E-state index in [0.29, 0.717) is 12.8 Å². The van der Waals surface area contributed by atoms with Crippen LogP contribution in [-0.2, 0) is 19.3 Å². The molecule has 0 aliphatic carbocycles. The lowest BCUT2D eigenvalue weighted by atomic mass is 9.88. The van der Waals surface area contributed by atoms with Crippen LogP contribution >= 0.6 is 0 Å². The summed E-state index contributed by atoms with van der Waals surface area (Å²) in [5.41, 5.74) is 0. The molecule has 2 atom stereocenters. The minimum absolute atomic E-state index is 0.240. The Bertz CT molecular complexity index is 139. The first-order valence-corrected chi connectivity index (χ1v) is 3.06. The molecular formula is C4H7BN2O4. The van der Waals surface area contributed by atoms with Crippen molar-refractivity contribution in [2.75, 3.05) is 0 Å². The molecule has 0 bridgehead atoms. The van der Waals surface area contributed by atoms with E-state index in [2.05, 4.69) is 20.3 Å². The highest BCUT2D eigenvalue weighted by atomic mass is 17.2. The molecule has 7 heteroatoms. The minimum Gasteiger partial charge on any atom is -0.356 e. The van der Waals surface area contributed by atoms with Crippen LogP contribution in [0.5, 0.6) is 0 Å². The molecule has 60 valence electrons. The predicted molar refractivity (Wildman–Crippen MR) is 35.3 cm³/mol. The normalized spacial score (nSPS) is 28.7. The summed E-state index contributed by atoms with van der Waals surface area (Å²) in [7, 11) is 0.240. The standard InChI is InChI=1S/C4H7BN2O4/c8-1-6-3-4(7-2-9)10-11-5-3/h1-5H,(H,6,8)(H,7,9). The van der Waals surface area contributed by atoms with Crippen molar-refractivity contribution in [2.45, 2.75) is 12.2 Å². The molecule has 0 aromatic carbocycles. The van der Waals surface area contributed by atoms with Gasteiger partial charge in [-0.2, -0.15) is 0 Å². The highest BCUT2D eigenvalue weighted by Gasteiger charge is 2.31. The summed E-state index contributed by atoms with van der Waals surface area (Å²) in [6.45, 7) is 0. The fraction of sp³-hybridized carbons (Fsp3) is 0.500. The molecular weight excluding hydrogens is 151 g/mol. The van der Waals surface area contributed by atoms with Crippen molar-refractivity contribution in [3.63, 3.8) is 0 Å². The van der Waals surface area contributed by atoms with Gasteiger partial charge in [0.05, 0.1) is 5.94 Å². The minimum atomic E-state index is -0.585. The summed E-state index contributed by atoms with van der Waals surface area (Å²) >= 11 is 0. The van der Waals surface area contributed by atoms with Crippen molar-refractivity contribution in [1.29, 1.82) is 0 Å². The van der Waals surface area contributed by atoms with Crippen LogP contribution in [0.2, 0.25) is 0 Å². The van der Waals surface area contributed by atoms with E-state index in [4.69, 9.17) is 0 Å². The zero-order chi connectivity index (χ0) is 8.10. The lowest BCUT2D eigenvalue weighted by molar-refractivity contribution is -0.227. The third-order valence-electron chi connectivity index (χ3n) is 1.30. The maximum atomic E-state index is 9.97. The highest BCUT2D eigenvalue weighted by molar-refractivity contribution is 6.30. The molecule has 0 aromatic heterocycles. The molecule has 6 nitrogen and oxygen atoms in total. The van der Waals surface area contributed by atoms with Gasteiger partial charge in [-0.1, -0.05) is 0 Å². The number of amides is 2. The van der Waals surface area contributed by atoms with Gasteiger partial charge in [-0.3, -0.25) is 9.59 Å². The molecule has 2 amide bonds. The molecule has 11 heavy (non-hydrogen) atoms. The highest BCUT2D eigenvalue weighted by Crippen LogP contribution is 2.03. The van der Waals surface area contributed by atoms with Gasteiger partial charge in [0.25, 0.3) is 0 Å². The number of carbonyl (C=O) groups is 2. The van der Waals surface area contributed by atoms with Crippen molar-refractivity contribution in [2.24, 2.45) is 0 Å². The van der Waals surface area contributed by atoms with Gasteiger partial charge in [0, 0.05) is 0 Å². The van der Waals surface area contributed by atoms with Gasteiger partial charge in [-0.25, -0.2) is 4.89 Å². The summed E-state index contributed by atoms with van der Waals surface area (Å²) in [5.74, 6) is -0.308. The van der Waals surface area contributed by atoms with Crippen LogP contribution in [0.15, 0.2) is 0 Å². The van der Waals surface area contributed by atoms with Crippen LogP contribution in [0.3, 0.4) is 0 Å². The van der Waals surface area contributed by atoms with Crippen LogP contribution in [0, 0.1) is 0 Å². The smallest absolute Gasteiger partial charge is 0.350 e. The van der Waals surface area contributed by atoms with Crippen LogP contribution in [0.1, 0.15) is 0 Å². The summed E-state index contributed by atoms with van der Waals surface area (Å²) in [6, 6.07) is 0. The number of hydrogen-bond acceptors (Lipinski definition) is 4. The van der Waals surface area contributed by atoms with Crippen molar-refractivity contribution < 1.29 is 19.3 Å². The molecule has 0 spiro atoms. The van der Waals surface area contributed by atoms with E-state index in [1.807, 2.05) is 0 Å². The average molecular weight is 158 g/mol. The van der Waals surface area contributed by atoms with Crippen molar-refractivity contribution in [3.8, 4) is 0 Å². The maximum absolute atomic E-state index is 9.97. The Morgan fingerprint density at radius 3 is 2.64 bits per heavy atom. The zero-order valence-corrected chi connectivity index (χ0v) is 5.65.